The van der Waals surface area contributed by atoms with E-state index in [1.165, 1.54) is 12.1 Å². The molecule has 2 unspecified atom stereocenters. The van der Waals surface area contributed by atoms with Gasteiger partial charge in [-0.15, -0.1) is 23.2 Å². The van der Waals surface area contributed by atoms with Crippen LogP contribution in [-0.2, 0) is 4.79 Å². The number of nitrogens with one attached hydrogen (secondary N) is 2. The van der Waals surface area contributed by atoms with Crippen LogP contribution in [0.4, 0.5) is 11.4 Å². The summed E-state index contributed by atoms with van der Waals surface area (Å²) >= 11 is 33.4. The first-order valence-corrected chi connectivity index (χ1v) is 12.5. The third kappa shape index (κ3) is 5.55. The average molecular weight is 655 g/mol. The number of anilines is 2. The van der Waals surface area contributed by atoms with Gasteiger partial charge in [0.15, 0.2) is 0 Å². The molecule has 0 heterocycles. The van der Waals surface area contributed by atoms with Gasteiger partial charge in [0.25, 0.3) is 5.91 Å². The lowest BCUT2D eigenvalue weighted by Gasteiger charge is -2.10. The monoisotopic (exact) mass is 652 g/mol. The minimum atomic E-state index is -1.31. The number of carbonyl (C=O) groups excluding carboxylic acids is 2. The molecule has 0 aromatic heterocycles. The lowest BCUT2D eigenvalue weighted by molar-refractivity contribution is -0.117. The van der Waals surface area contributed by atoms with E-state index < -0.39 is 28.0 Å². The molecule has 10 heteroatoms. The van der Waals surface area contributed by atoms with Crippen molar-refractivity contribution in [1.82, 2.24) is 0 Å². The minimum absolute atomic E-state index is 0.213. The maximum atomic E-state index is 13.0. The third-order valence-corrected chi connectivity index (χ3v) is 7.52. The normalized spacial score (nSPS) is 18.5. The average Bonchev–Trinajstić information content (AvgIpc) is 3.31. The summed E-state index contributed by atoms with van der Waals surface area (Å²) in [5.74, 6) is -2.00. The minimum Gasteiger partial charge on any atom is -0.326 e. The van der Waals surface area contributed by atoms with Crippen LogP contribution in [0.15, 0.2) is 60.7 Å². The van der Waals surface area contributed by atoms with Gasteiger partial charge < -0.3 is 10.6 Å². The molecule has 4 rings (SSSR count). The molecule has 0 spiro atoms. The van der Waals surface area contributed by atoms with Gasteiger partial charge in [0.1, 0.15) is 4.33 Å². The van der Waals surface area contributed by atoms with Crippen LogP contribution in [0.5, 0.6) is 0 Å². The van der Waals surface area contributed by atoms with Gasteiger partial charge in [-0.05, 0) is 82.8 Å². The van der Waals surface area contributed by atoms with Gasteiger partial charge in [0.2, 0.25) is 5.91 Å². The Morgan fingerprint density at radius 3 is 2.18 bits per heavy atom. The summed E-state index contributed by atoms with van der Waals surface area (Å²) in [6, 6.07) is 16.9. The first kappa shape index (κ1) is 24.9. The molecule has 1 fully saturated rings. The first-order valence-electron chi connectivity index (χ1n) is 9.57. The Kier molecular flexibility index (Phi) is 7.39. The van der Waals surface area contributed by atoms with E-state index in [9.17, 15) is 9.59 Å². The van der Waals surface area contributed by atoms with E-state index >= 15 is 0 Å². The summed E-state index contributed by atoms with van der Waals surface area (Å²) in [5, 5.41) is 6.67. The Bertz CT molecular complexity index is 1250. The molecule has 0 radical (unpaired) electrons. The summed E-state index contributed by atoms with van der Waals surface area (Å²) in [7, 11) is 0. The molecule has 0 saturated heterocycles. The number of rotatable bonds is 5. The van der Waals surface area contributed by atoms with Crippen LogP contribution in [0.1, 0.15) is 21.8 Å². The van der Waals surface area contributed by atoms with E-state index in [2.05, 4.69) is 33.2 Å². The largest absolute Gasteiger partial charge is 0.326 e. The van der Waals surface area contributed by atoms with Crippen molar-refractivity contribution in [2.24, 2.45) is 5.92 Å². The van der Waals surface area contributed by atoms with Crippen molar-refractivity contribution < 1.29 is 9.59 Å². The molecule has 33 heavy (non-hydrogen) atoms. The van der Waals surface area contributed by atoms with Gasteiger partial charge in [-0.1, -0.05) is 40.9 Å². The molecule has 1 aliphatic carbocycles. The number of hydrogen-bond acceptors (Lipinski definition) is 2. The zero-order valence-corrected chi connectivity index (χ0v) is 22.4. The van der Waals surface area contributed by atoms with Crippen molar-refractivity contribution in [3.63, 3.8) is 0 Å². The number of alkyl halides is 2. The number of amides is 2. The fourth-order valence-corrected chi connectivity index (χ4v) is 5.70. The third-order valence-electron chi connectivity index (χ3n) is 5.14. The topological polar surface area (TPSA) is 58.2 Å². The van der Waals surface area contributed by atoms with Gasteiger partial charge in [-0.25, -0.2) is 0 Å². The molecular weight excluding hydrogens is 640 g/mol. The van der Waals surface area contributed by atoms with E-state index in [-0.39, 0.29) is 10.6 Å². The predicted octanol–water partition coefficient (Wildman–Crippen LogP) is 8.03. The van der Waals surface area contributed by atoms with Crippen LogP contribution in [0.2, 0.25) is 15.1 Å². The summed E-state index contributed by atoms with van der Waals surface area (Å²) in [6.45, 7) is 0. The quantitative estimate of drug-likeness (QED) is 0.216. The Morgan fingerprint density at radius 2 is 1.52 bits per heavy atom. The van der Waals surface area contributed by atoms with Crippen LogP contribution in [0.25, 0.3) is 0 Å². The predicted molar refractivity (Wildman–Crippen MR) is 144 cm³/mol. The Balaban J connectivity index is 1.51. The molecule has 2 amide bonds. The maximum absolute atomic E-state index is 13.0. The molecule has 1 aliphatic rings. The number of benzene rings is 3. The van der Waals surface area contributed by atoms with Crippen LogP contribution in [0, 0.1) is 9.49 Å². The zero-order chi connectivity index (χ0) is 23.9. The molecule has 0 aliphatic heterocycles. The van der Waals surface area contributed by atoms with Crippen LogP contribution in [-0.4, -0.2) is 16.1 Å². The Morgan fingerprint density at radius 1 is 0.848 bits per heavy atom. The standard InChI is InChI=1S/C23H14Cl5IN2O2/c24-12-6-11(7-13(25)8-12)19-20(23(19,27)28)22(33)31-16-4-5-18(26)17(10-16)21(32)30-15-3-1-2-14(29)9-15/h1-10,19-20H,(H,30,32)(H,31,33). The number of halogens is 6. The molecule has 2 N–H and O–H groups in total. The van der Waals surface area contributed by atoms with E-state index in [4.69, 9.17) is 58.0 Å². The SMILES string of the molecule is O=C(Nc1cccc(I)c1)c1cc(NC(=O)C2C(c3cc(Cl)cc(Cl)c3)C2(Cl)Cl)ccc1Cl. The summed E-state index contributed by atoms with van der Waals surface area (Å²) in [6.07, 6.45) is 0. The molecule has 170 valence electrons. The highest BCUT2D eigenvalue weighted by Crippen LogP contribution is 2.65. The lowest BCUT2D eigenvalue weighted by atomic mass is 10.1. The summed E-state index contributed by atoms with van der Waals surface area (Å²) in [4.78, 5) is 25.7. The highest BCUT2D eigenvalue weighted by molar-refractivity contribution is 14.1. The van der Waals surface area contributed by atoms with Crippen molar-refractivity contribution in [1.29, 1.82) is 0 Å². The van der Waals surface area contributed by atoms with Crippen LogP contribution < -0.4 is 10.6 Å². The summed E-state index contributed by atoms with van der Waals surface area (Å²) in [5.41, 5.74) is 1.90. The molecule has 2 atom stereocenters. The smallest absolute Gasteiger partial charge is 0.257 e. The fourth-order valence-electron chi connectivity index (χ4n) is 3.58. The zero-order valence-electron chi connectivity index (χ0n) is 16.5. The number of carbonyl (C=O) groups is 2. The Labute approximate surface area is 229 Å². The molecular formula is C23H14Cl5IN2O2. The highest BCUT2D eigenvalue weighted by Gasteiger charge is 2.67. The van der Waals surface area contributed by atoms with Gasteiger partial charge in [-0.3, -0.25) is 9.59 Å². The second-order valence-electron chi connectivity index (χ2n) is 7.48. The second-order valence-corrected chi connectivity index (χ2v) is 11.5. The van der Waals surface area contributed by atoms with E-state index in [0.29, 0.717) is 27.0 Å². The molecule has 3 aromatic carbocycles. The molecule has 4 nitrogen and oxygen atoms in total. The van der Waals surface area contributed by atoms with E-state index in [1.807, 2.05) is 18.2 Å². The molecule has 1 saturated carbocycles. The molecule has 3 aromatic rings. The van der Waals surface area contributed by atoms with E-state index in [1.54, 1.807) is 30.3 Å². The van der Waals surface area contributed by atoms with Crippen molar-refractivity contribution in [3.05, 3.63) is 90.4 Å². The van der Waals surface area contributed by atoms with Crippen molar-refractivity contribution >= 4 is 104 Å². The van der Waals surface area contributed by atoms with Gasteiger partial charge in [0.05, 0.1) is 16.5 Å². The van der Waals surface area contributed by atoms with Gasteiger partial charge >= 0.3 is 0 Å². The lowest BCUT2D eigenvalue weighted by Crippen LogP contribution is -2.18. The van der Waals surface area contributed by atoms with E-state index in [0.717, 1.165) is 3.57 Å². The van der Waals surface area contributed by atoms with Gasteiger partial charge in [-0.2, -0.15) is 0 Å². The first-order chi connectivity index (χ1) is 15.6. The second kappa shape index (κ2) is 9.80. The van der Waals surface area contributed by atoms with Crippen LogP contribution >= 0.6 is 80.6 Å². The fraction of sp³-hybridized carbons (Fsp3) is 0.130. The van der Waals surface area contributed by atoms with Crippen molar-refractivity contribution in [2.75, 3.05) is 10.6 Å². The number of hydrogen-bond donors (Lipinski definition) is 2. The maximum Gasteiger partial charge on any atom is 0.257 e. The van der Waals surface area contributed by atoms with Gasteiger partial charge in [0, 0.05) is 30.9 Å². The van der Waals surface area contributed by atoms with Crippen molar-refractivity contribution in [3.8, 4) is 0 Å². The molecule has 0 bridgehead atoms. The van der Waals surface area contributed by atoms with Crippen LogP contribution in [0.3, 0.4) is 0 Å². The summed E-state index contributed by atoms with van der Waals surface area (Å²) < 4.78 is -0.335. The Hall–Kier alpha value is -1.22. The van der Waals surface area contributed by atoms with Crippen molar-refractivity contribution in [2.45, 2.75) is 10.3 Å². The highest BCUT2D eigenvalue weighted by atomic mass is 127.